The lowest BCUT2D eigenvalue weighted by Gasteiger charge is -2.32. The minimum Gasteiger partial charge on any atom is -0.342 e. The minimum absolute atomic E-state index is 0.750. The van der Waals surface area contributed by atoms with Gasteiger partial charge in [-0.1, -0.05) is 25.3 Å². The van der Waals surface area contributed by atoms with Crippen LogP contribution in [0.4, 0.5) is 5.69 Å². The third-order valence-corrected chi connectivity index (χ3v) is 3.86. The second-order valence-electron chi connectivity index (χ2n) is 5.09. The van der Waals surface area contributed by atoms with E-state index in [4.69, 9.17) is 0 Å². The highest BCUT2D eigenvalue weighted by Crippen LogP contribution is 2.48. The molecule has 1 nitrogen and oxygen atoms in total. The summed E-state index contributed by atoms with van der Waals surface area (Å²) in [6, 6.07) is 6.61. The molecule has 0 radical (unpaired) electrons. The summed E-state index contributed by atoms with van der Waals surface area (Å²) < 4.78 is 0. The van der Waals surface area contributed by atoms with Crippen molar-refractivity contribution in [2.45, 2.75) is 19.8 Å². The zero-order valence-corrected chi connectivity index (χ0v) is 10.9. The third kappa shape index (κ3) is 1.71. The van der Waals surface area contributed by atoms with Gasteiger partial charge in [-0.2, -0.15) is 0 Å². The Morgan fingerprint density at radius 1 is 1.39 bits per heavy atom. The van der Waals surface area contributed by atoms with E-state index in [0.29, 0.717) is 0 Å². The molecule has 18 heavy (non-hydrogen) atoms. The molecular formula is C17H19N. The van der Waals surface area contributed by atoms with Crippen molar-refractivity contribution in [2.24, 2.45) is 5.92 Å². The maximum Gasteiger partial charge on any atom is 0.0487 e. The van der Waals surface area contributed by atoms with Crippen molar-refractivity contribution in [2.75, 3.05) is 11.4 Å². The first kappa shape index (κ1) is 11.3. The van der Waals surface area contributed by atoms with Crippen molar-refractivity contribution in [3.05, 3.63) is 54.3 Å². The molecular weight excluding hydrogens is 218 g/mol. The highest BCUT2D eigenvalue weighted by Gasteiger charge is 2.31. The fourth-order valence-electron chi connectivity index (χ4n) is 2.74. The van der Waals surface area contributed by atoms with Crippen LogP contribution in [0.25, 0.3) is 11.6 Å². The standard InChI is InChI=1S/C17H19N/c1-4-13-6-9-17-16(11-13)15(14-7-8-14)10-12(3)18(17)5-2/h4,6,9-11,14H,1,3,5,7-8H2,2H3. The Labute approximate surface area is 109 Å². The summed E-state index contributed by atoms with van der Waals surface area (Å²) in [5.41, 5.74) is 6.48. The topological polar surface area (TPSA) is 3.24 Å². The van der Waals surface area contributed by atoms with E-state index in [2.05, 4.69) is 49.3 Å². The summed E-state index contributed by atoms with van der Waals surface area (Å²) in [5, 5.41) is 0. The minimum atomic E-state index is 0.750. The average molecular weight is 237 g/mol. The van der Waals surface area contributed by atoms with E-state index in [1.807, 2.05) is 6.08 Å². The van der Waals surface area contributed by atoms with E-state index >= 15 is 0 Å². The Hall–Kier alpha value is -1.76. The number of nitrogens with zero attached hydrogens (tertiary/aromatic N) is 1. The molecule has 1 aliphatic heterocycles. The van der Waals surface area contributed by atoms with Crippen LogP contribution in [0.3, 0.4) is 0 Å². The summed E-state index contributed by atoms with van der Waals surface area (Å²) >= 11 is 0. The van der Waals surface area contributed by atoms with Gasteiger partial charge in [0.1, 0.15) is 0 Å². The van der Waals surface area contributed by atoms with Crippen molar-refractivity contribution in [1.29, 1.82) is 0 Å². The molecule has 1 heterocycles. The van der Waals surface area contributed by atoms with Crippen LogP contribution in [0.1, 0.15) is 30.9 Å². The summed E-state index contributed by atoms with van der Waals surface area (Å²) in [5.74, 6) is 0.750. The van der Waals surface area contributed by atoms with Gasteiger partial charge in [-0.3, -0.25) is 0 Å². The molecule has 1 heteroatoms. The molecule has 0 saturated heterocycles. The van der Waals surface area contributed by atoms with Crippen LogP contribution in [0.15, 0.2) is 43.1 Å². The van der Waals surface area contributed by atoms with Gasteiger partial charge in [0.05, 0.1) is 0 Å². The lowest BCUT2D eigenvalue weighted by Crippen LogP contribution is -2.24. The molecule has 1 aromatic carbocycles. The Kier molecular flexibility index (Phi) is 2.62. The number of hydrogen-bond acceptors (Lipinski definition) is 1. The Balaban J connectivity index is 2.16. The van der Waals surface area contributed by atoms with Gasteiger partial charge in [0, 0.05) is 23.5 Å². The summed E-state index contributed by atoms with van der Waals surface area (Å²) in [6.07, 6.45) is 6.84. The van der Waals surface area contributed by atoms with Crippen molar-refractivity contribution >= 4 is 17.3 Å². The monoisotopic (exact) mass is 237 g/mol. The maximum absolute atomic E-state index is 4.20. The summed E-state index contributed by atoms with van der Waals surface area (Å²) in [7, 11) is 0. The molecule has 0 N–H and O–H groups in total. The quantitative estimate of drug-likeness (QED) is 0.749. The zero-order chi connectivity index (χ0) is 12.7. The molecule has 0 unspecified atom stereocenters. The van der Waals surface area contributed by atoms with Crippen LogP contribution in [0.2, 0.25) is 0 Å². The van der Waals surface area contributed by atoms with Gasteiger partial charge in [0.2, 0.25) is 0 Å². The number of allylic oxidation sites excluding steroid dienone is 2. The predicted octanol–water partition coefficient (Wildman–Crippen LogP) is 4.48. The van der Waals surface area contributed by atoms with E-state index in [-0.39, 0.29) is 0 Å². The smallest absolute Gasteiger partial charge is 0.0487 e. The normalized spacial score (nSPS) is 18.4. The molecule has 1 fully saturated rings. The maximum atomic E-state index is 4.20. The molecule has 3 rings (SSSR count). The van der Waals surface area contributed by atoms with Gasteiger partial charge in [-0.15, -0.1) is 0 Å². The van der Waals surface area contributed by atoms with E-state index in [0.717, 1.165) is 18.2 Å². The second-order valence-corrected chi connectivity index (χ2v) is 5.09. The van der Waals surface area contributed by atoms with E-state index in [9.17, 15) is 0 Å². The Morgan fingerprint density at radius 3 is 2.78 bits per heavy atom. The van der Waals surface area contributed by atoms with Crippen molar-refractivity contribution in [3.63, 3.8) is 0 Å². The van der Waals surface area contributed by atoms with Crippen molar-refractivity contribution < 1.29 is 0 Å². The molecule has 0 spiro atoms. The number of fused-ring (bicyclic) bond motifs is 1. The molecule has 1 saturated carbocycles. The number of anilines is 1. The van der Waals surface area contributed by atoms with E-state index < -0.39 is 0 Å². The molecule has 0 bridgehead atoms. The molecule has 0 aromatic heterocycles. The van der Waals surface area contributed by atoms with Crippen molar-refractivity contribution in [3.8, 4) is 0 Å². The fourth-order valence-corrected chi connectivity index (χ4v) is 2.74. The number of likely N-dealkylation sites (N-methyl/N-ethyl adjacent to an activating group) is 1. The SMILES string of the molecule is C=Cc1ccc2c(c1)C(C1CC1)=CC(=C)N2CC. The first-order valence-corrected chi connectivity index (χ1v) is 6.69. The van der Waals surface area contributed by atoms with Crippen LogP contribution in [0.5, 0.6) is 0 Å². The van der Waals surface area contributed by atoms with Gasteiger partial charge < -0.3 is 4.90 Å². The number of rotatable bonds is 3. The first-order chi connectivity index (χ1) is 8.74. The number of hydrogen-bond donors (Lipinski definition) is 0. The third-order valence-electron chi connectivity index (χ3n) is 3.86. The van der Waals surface area contributed by atoms with E-state index in [1.54, 1.807) is 0 Å². The highest BCUT2D eigenvalue weighted by molar-refractivity contribution is 5.87. The number of benzene rings is 1. The van der Waals surface area contributed by atoms with Crippen LogP contribution in [-0.4, -0.2) is 6.54 Å². The fraction of sp³-hybridized carbons (Fsp3) is 0.294. The molecule has 0 atom stereocenters. The van der Waals surface area contributed by atoms with Gasteiger partial charge in [0.25, 0.3) is 0 Å². The van der Waals surface area contributed by atoms with Gasteiger partial charge in [-0.05, 0) is 55.0 Å². The van der Waals surface area contributed by atoms with Crippen LogP contribution in [0, 0.1) is 5.92 Å². The van der Waals surface area contributed by atoms with Crippen molar-refractivity contribution in [1.82, 2.24) is 0 Å². The van der Waals surface area contributed by atoms with Gasteiger partial charge in [0.15, 0.2) is 0 Å². The lowest BCUT2D eigenvalue weighted by atomic mass is 9.92. The molecule has 0 amide bonds. The molecule has 2 aliphatic rings. The second kappa shape index (κ2) is 4.16. The zero-order valence-electron chi connectivity index (χ0n) is 10.9. The molecule has 92 valence electrons. The predicted molar refractivity (Wildman–Crippen MR) is 79.4 cm³/mol. The first-order valence-electron chi connectivity index (χ1n) is 6.69. The van der Waals surface area contributed by atoms with E-state index in [1.165, 1.54) is 35.2 Å². The Bertz CT molecular complexity index is 547. The lowest BCUT2D eigenvalue weighted by molar-refractivity contribution is 0.960. The summed E-state index contributed by atoms with van der Waals surface area (Å²) in [6.45, 7) is 11.2. The van der Waals surface area contributed by atoms with Gasteiger partial charge >= 0.3 is 0 Å². The molecule has 1 aromatic rings. The van der Waals surface area contributed by atoms with Gasteiger partial charge in [-0.25, -0.2) is 0 Å². The van der Waals surface area contributed by atoms with Crippen LogP contribution >= 0.6 is 0 Å². The summed E-state index contributed by atoms with van der Waals surface area (Å²) in [4.78, 5) is 2.29. The van der Waals surface area contributed by atoms with Crippen LogP contribution in [-0.2, 0) is 0 Å². The largest absolute Gasteiger partial charge is 0.342 e. The average Bonchev–Trinajstić information content (AvgIpc) is 3.21. The Morgan fingerprint density at radius 2 is 2.17 bits per heavy atom. The highest BCUT2D eigenvalue weighted by atomic mass is 15.1. The van der Waals surface area contributed by atoms with Crippen LogP contribution < -0.4 is 4.90 Å². The molecule has 1 aliphatic carbocycles.